The van der Waals surface area contributed by atoms with Crippen molar-refractivity contribution in [3.63, 3.8) is 0 Å². The number of fused-ring (bicyclic) bond motifs is 1. The Morgan fingerprint density at radius 2 is 1.75 bits per heavy atom. The smallest absolute Gasteiger partial charge is 0.195 e. The van der Waals surface area contributed by atoms with E-state index in [1.54, 1.807) is 0 Å². The highest BCUT2D eigenvalue weighted by molar-refractivity contribution is 5.83. The molecule has 0 bridgehead atoms. The molecule has 2 rings (SSSR count). The molecule has 0 radical (unpaired) electrons. The van der Waals surface area contributed by atoms with E-state index in [1.807, 2.05) is 27.7 Å². The summed E-state index contributed by atoms with van der Waals surface area (Å²) in [5.41, 5.74) is 0.567. The summed E-state index contributed by atoms with van der Waals surface area (Å²) in [6.45, 7) is 8.40. The van der Waals surface area contributed by atoms with Crippen molar-refractivity contribution in [1.82, 2.24) is 4.98 Å². The van der Waals surface area contributed by atoms with Crippen LogP contribution >= 0.6 is 0 Å². The molecule has 1 heterocycles. The van der Waals surface area contributed by atoms with Crippen molar-refractivity contribution in [2.75, 3.05) is 11.9 Å². The lowest BCUT2D eigenvalue weighted by atomic mass is 9.86. The molecular weight excluding hydrogens is 265 g/mol. The molecule has 2 nitrogen and oxygen atoms in total. The van der Waals surface area contributed by atoms with Crippen molar-refractivity contribution in [3.05, 3.63) is 35.1 Å². The lowest BCUT2D eigenvalue weighted by Crippen LogP contribution is -2.16. The van der Waals surface area contributed by atoms with Gasteiger partial charge in [0.2, 0.25) is 0 Å². The number of hydrogen-bond acceptors (Lipinski definition) is 2. The summed E-state index contributed by atoms with van der Waals surface area (Å²) in [5.74, 6) is -3.32. The molecule has 0 saturated heterocycles. The summed E-state index contributed by atoms with van der Waals surface area (Å²) in [5, 5.41) is 3.07. The quantitative estimate of drug-likeness (QED) is 0.827. The molecule has 0 spiro atoms. The Balaban J connectivity index is 2.82. The third kappa shape index (κ3) is 2.44. The maximum atomic E-state index is 13.9. The molecular formula is C15H17F3N2. The molecule has 5 heteroatoms. The number of halogens is 3. The van der Waals surface area contributed by atoms with Crippen molar-refractivity contribution >= 4 is 16.7 Å². The van der Waals surface area contributed by atoms with E-state index in [1.165, 1.54) is 6.07 Å². The largest absolute Gasteiger partial charge is 0.370 e. The second-order valence-corrected chi connectivity index (χ2v) is 5.72. The van der Waals surface area contributed by atoms with E-state index in [-0.39, 0.29) is 16.3 Å². The number of hydrogen-bond donors (Lipinski definition) is 1. The third-order valence-electron chi connectivity index (χ3n) is 3.11. The minimum atomic E-state index is -1.46. The summed E-state index contributed by atoms with van der Waals surface area (Å²) in [4.78, 5) is 4.24. The molecule has 0 atom stereocenters. The van der Waals surface area contributed by atoms with Gasteiger partial charge in [-0.1, -0.05) is 20.8 Å². The number of nitrogens with one attached hydrogen (secondary N) is 1. The summed E-state index contributed by atoms with van der Waals surface area (Å²) in [6.07, 6.45) is 0. The Hall–Kier alpha value is -1.78. The van der Waals surface area contributed by atoms with E-state index in [0.717, 1.165) is 11.6 Å². The van der Waals surface area contributed by atoms with Crippen LogP contribution in [-0.4, -0.2) is 11.5 Å². The Labute approximate surface area is 116 Å². The van der Waals surface area contributed by atoms with Crippen LogP contribution in [-0.2, 0) is 5.41 Å². The molecule has 0 aliphatic carbocycles. The second-order valence-electron chi connectivity index (χ2n) is 5.72. The maximum absolute atomic E-state index is 13.9. The van der Waals surface area contributed by atoms with Crippen molar-refractivity contribution in [2.45, 2.75) is 33.1 Å². The highest BCUT2D eigenvalue weighted by Crippen LogP contribution is 2.33. The molecule has 1 aromatic heterocycles. The molecule has 0 unspecified atom stereocenters. The van der Waals surface area contributed by atoms with Gasteiger partial charge in [0.1, 0.15) is 5.82 Å². The fourth-order valence-electron chi connectivity index (χ4n) is 2.09. The van der Waals surface area contributed by atoms with E-state index < -0.39 is 17.5 Å². The van der Waals surface area contributed by atoms with Crippen LogP contribution in [0.5, 0.6) is 0 Å². The van der Waals surface area contributed by atoms with Gasteiger partial charge in [-0.05, 0) is 18.4 Å². The number of anilines is 1. The summed E-state index contributed by atoms with van der Waals surface area (Å²) in [6, 6.07) is 2.46. The van der Waals surface area contributed by atoms with Crippen molar-refractivity contribution < 1.29 is 13.2 Å². The van der Waals surface area contributed by atoms with E-state index in [0.29, 0.717) is 12.4 Å². The van der Waals surface area contributed by atoms with Gasteiger partial charge in [-0.3, -0.25) is 0 Å². The first-order valence-corrected chi connectivity index (χ1v) is 6.48. The highest BCUT2D eigenvalue weighted by Gasteiger charge is 2.23. The standard InChI is InChI=1S/C15H17F3N2/c1-5-19-14-9(15(2,3)4)6-8-11(20-14)7-10(16)13(18)12(8)17/h6-7H,5H2,1-4H3,(H,19,20). The molecule has 1 N–H and O–H groups in total. The molecule has 0 fully saturated rings. The van der Waals surface area contributed by atoms with Crippen LogP contribution in [0, 0.1) is 17.5 Å². The number of aromatic nitrogens is 1. The Kier molecular flexibility index (Phi) is 3.63. The van der Waals surface area contributed by atoms with Gasteiger partial charge < -0.3 is 5.32 Å². The fraction of sp³-hybridized carbons (Fsp3) is 0.400. The second kappa shape index (κ2) is 4.96. The molecule has 108 valence electrons. The Morgan fingerprint density at radius 3 is 2.30 bits per heavy atom. The van der Waals surface area contributed by atoms with Gasteiger partial charge in [0.25, 0.3) is 0 Å². The van der Waals surface area contributed by atoms with Gasteiger partial charge in [0, 0.05) is 23.6 Å². The summed E-state index contributed by atoms with van der Waals surface area (Å²) >= 11 is 0. The zero-order valence-electron chi connectivity index (χ0n) is 11.9. The monoisotopic (exact) mass is 282 g/mol. The van der Waals surface area contributed by atoms with Crippen molar-refractivity contribution in [2.24, 2.45) is 0 Å². The first-order chi connectivity index (χ1) is 9.25. The minimum Gasteiger partial charge on any atom is -0.370 e. The average molecular weight is 282 g/mol. The van der Waals surface area contributed by atoms with Crippen LogP contribution in [0.25, 0.3) is 10.9 Å². The predicted molar refractivity (Wildman–Crippen MR) is 74.5 cm³/mol. The van der Waals surface area contributed by atoms with Gasteiger partial charge in [-0.15, -0.1) is 0 Å². The van der Waals surface area contributed by atoms with Crippen LogP contribution < -0.4 is 5.32 Å². The molecule has 0 saturated carbocycles. The Bertz CT molecular complexity index is 660. The van der Waals surface area contributed by atoms with Crippen molar-refractivity contribution in [3.8, 4) is 0 Å². The highest BCUT2D eigenvalue weighted by atomic mass is 19.2. The lowest BCUT2D eigenvalue weighted by molar-refractivity contribution is 0.453. The summed E-state index contributed by atoms with van der Waals surface area (Å²) in [7, 11) is 0. The topological polar surface area (TPSA) is 24.9 Å². The number of benzene rings is 1. The fourth-order valence-corrected chi connectivity index (χ4v) is 2.09. The summed E-state index contributed by atoms with van der Waals surface area (Å²) < 4.78 is 40.5. The first-order valence-electron chi connectivity index (χ1n) is 6.48. The molecule has 0 aliphatic heterocycles. The first kappa shape index (κ1) is 14.6. The number of rotatable bonds is 2. The SMILES string of the molecule is CCNc1nc2cc(F)c(F)c(F)c2cc1C(C)(C)C. The molecule has 2 aromatic rings. The van der Waals surface area contributed by atoms with E-state index in [9.17, 15) is 13.2 Å². The number of nitrogens with zero attached hydrogens (tertiary/aromatic N) is 1. The van der Waals surface area contributed by atoms with E-state index in [2.05, 4.69) is 10.3 Å². The molecule has 0 aliphatic rings. The van der Waals surface area contributed by atoms with Gasteiger partial charge >= 0.3 is 0 Å². The van der Waals surface area contributed by atoms with Gasteiger partial charge in [0.15, 0.2) is 17.5 Å². The van der Waals surface area contributed by atoms with Crippen LogP contribution in [0.3, 0.4) is 0 Å². The van der Waals surface area contributed by atoms with E-state index in [4.69, 9.17) is 0 Å². The zero-order valence-corrected chi connectivity index (χ0v) is 11.9. The molecule has 0 amide bonds. The van der Waals surface area contributed by atoms with Crippen molar-refractivity contribution in [1.29, 1.82) is 0 Å². The van der Waals surface area contributed by atoms with Crippen LogP contribution in [0.2, 0.25) is 0 Å². The van der Waals surface area contributed by atoms with E-state index >= 15 is 0 Å². The maximum Gasteiger partial charge on any atom is 0.195 e. The normalized spacial score (nSPS) is 11.9. The number of pyridine rings is 1. The van der Waals surface area contributed by atoms with Crippen LogP contribution in [0.4, 0.5) is 19.0 Å². The van der Waals surface area contributed by atoms with Gasteiger partial charge in [-0.25, -0.2) is 18.2 Å². The molecule has 20 heavy (non-hydrogen) atoms. The molecule has 1 aromatic carbocycles. The Morgan fingerprint density at radius 1 is 1.10 bits per heavy atom. The van der Waals surface area contributed by atoms with Gasteiger partial charge in [0.05, 0.1) is 5.52 Å². The predicted octanol–water partition coefficient (Wildman–Crippen LogP) is 4.38. The zero-order chi connectivity index (χ0) is 15.1. The third-order valence-corrected chi connectivity index (χ3v) is 3.11. The minimum absolute atomic E-state index is 0.00419. The van der Waals surface area contributed by atoms with Crippen LogP contribution in [0.15, 0.2) is 12.1 Å². The van der Waals surface area contributed by atoms with Gasteiger partial charge in [-0.2, -0.15) is 0 Å². The lowest BCUT2D eigenvalue weighted by Gasteiger charge is -2.23. The van der Waals surface area contributed by atoms with Crippen LogP contribution in [0.1, 0.15) is 33.3 Å². The average Bonchev–Trinajstić information content (AvgIpc) is 2.34.